The van der Waals surface area contributed by atoms with Crippen molar-refractivity contribution in [2.24, 2.45) is 5.14 Å². The van der Waals surface area contributed by atoms with Crippen LogP contribution in [-0.4, -0.2) is 33.2 Å². The van der Waals surface area contributed by atoms with Gasteiger partial charge in [0, 0.05) is 23.2 Å². The molecule has 0 spiro atoms. The highest BCUT2D eigenvalue weighted by molar-refractivity contribution is 7.89. The third kappa shape index (κ3) is 4.26. The zero-order valence-corrected chi connectivity index (χ0v) is 17.1. The van der Waals surface area contributed by atoms with Crippen LogP contribution in [0.1, 0.15) is 6.92 Å². The van der Waals surface area contributed by atoms with Crippen LogP contribution >= 0.6 is 11.6 Å². The third-order valence-corrected chi connectivity index (χ3v) is 6.45. The summed E-state index contributed by atoms with van der Waals surface area (Å²) in [4.78, 5) is -0.0584. The van der Waals surface area contributed by atoms with Gasteiger partial charge in [-0.1, -0.05) is 30.7 Å². The first-order valence-electron chi connectivity index (χ1n) is 8.11. The lowest BCUT2D eigenvalue weighted by molar-refractivity contribution is 0.578. The van der Waals surface area contributed by atoms with Gasteiger partial charge in [-0.2, -0.15) is 5.10 Å². The fraction of sp³-hybridized carbons (Fsp3) is 0.118. The summed E-state index contributed by atoms with van der Waals surface area (Å²) in [7, 11) is -7.64. The molecule has 0 saturated heterocycles. The van der Waals surface area contributed by atoms with Crippen LogP contribution in [0.25, 0.3) is 16.9 Å². The highest BCUT2D eigenvalue weighted by atomic mass is 35.5. The van der Waals surface area contributed by atoms with Crippen LogP contribution in [0.5, 0.6) is 0 Å². The standard InChI is InChI=1S/C17H17ClN4O4S2/c1-2-20-28(25,26)17-11-16(12-3-5-13(18)6-4-12)22(21-17)14-7-9-15(10-8-14)27(19,23)24/h3-11,20H,2H2,1H3,(H2,19,23,24). The minimum Gasteiger partial charge on any atom is -0.232 e. The van der Waals surface area contributed by atoms with E-state index in [2.05, 4.69) is 9.82 Å². The first-order valence-corrected chi connectivity index (χ1v) is 11.5. The van der Waals surface area contributed by atoms with Crippen molar-refractivity contribution >= 4 is 31.6 Å². The summed E-state index contributed by atoms with van der Waals surface area (Å²) in [6, 6.07) is 13.9. The number of aromatic nitrogens is 2. The van der Waals surface area contributed by atoms with E-state index >= 15 is 0 Å². The van der Waals surface area contributed by atoms with Crippen molar-refractivity contribution in [3.05, 3.63) is 59.6 Å². The number of hydrogen-bond donors (Lipinski definition) is 2. The van der Waals surface area contributed by atoms with E-state index in [0.717, 1.165) is 0 Å². The molecule has 0 radical (unpaired) electrons. The van der Waals surface area contributed by atoms with E-state index in [1.807, 2.05) is 0 Å². The Kier molecular flexibility index (Phi) is 5.60. The Morgan fingerprint density at radius 1 is 1.04 bits per heavy atom. The second-order valence-electron chi connectivity index (χ2n) is 5.83. The quantitative estimate of drug-likeness (QED) is 0.607. The lowest BCUT2D eigenvalue weighted by atomic mass is 10.1. The second-order valence-corrected chi connectivity index (χ2v) is 9.54. The zero-order valence-electron chi connectivity index (χ0n) is 14.7. The van der Waals surface area contributed by atoms with Gasteiger partial charge >= 0.3 is 0 Å². The molecular weight excluding hydrogens is 424 g/mol. The zero-order chi connectivity index (χ0) is 20.5. The average Bonchev–Trinajstić information content (AvgIpc) is 3.08. The molecule has 3 N–H and O–H groups in total. The van der Waals surface area contributed by atoms with Gasteiger partial charge in [0.25, 0.3) is 10.0 Å². The summed E-state index contributed by atoms with van der Waals surface area (Å²) in [5.41, 5.74) is 1.65. The monoisotopic (exact) mass is 440 g/mol. The van der Waals surface area contributed by atoms with E-state index in [9.17, 15) is 16.8 Å². The van der Waals surface area contributed by atoms with Gasteiger partial charge in [-0.3, -0.25) is 0 Å². The van der Waals surface area contributed by atoms with Gasteiger partial charge in [-0.25, -0.2) is 31.4 Å². The van der Waals surface area contributed by atoms with Gasteiger partial charge in [0.15, 0.2) is 5.03 Å². The van der Waals surface area contributed by atoms with Gasteiger partial charge < -0.3 is 0 Å². The molecule has 11 heteroatoms. The summed E-state index contributed by atoms with van der Waals surface area (Å²) >= 11 is 5.94. The number of sulfonamides is 2. The third-order valence-electron chi connectivity index (χ3n) is 3.85. The number of benzene rings is 2. The Morgan fingerprint density at radius 2 is 1.64 bits per heavy atom. The van der Waals surface area contributed by atoms with E-state index in [0.29, 0.717) is 22.0 Å². The minimum absolute atomic E-state index is 0.0584. The van der Waals surface area contributed by atoms with Gasteiger partial charge in [-0.15, -0.1) is 0 Å². The van der Waals surface area contributed by atoms with E-state index in [4.69, 9.17) is 16.7 Å². The lowest BCUT2D eigenvalue weighted by Crippen LogP contribution is -2.23. The predicted molar refractivity (Wildman–Crippen MR) is 106 cm³/mol. The SMILES string of the molecule is CCNS(=O)(=O)c1cc(-c2ccc(Cl)cc2)n(-c2ccc(S(N)(=O)=O)cc2)n1. The Labute approximate surface area is 168 Å². The molecule has 148 valence electrons. The highest BCUT2D eigenvalue weighted by Gasteiger charge is 2.21. The molecule has 0 bridgehead atoms. The molecule has 8 nitrogen and oxygen atoms in total. The van der Waals surface area contributed by atoms with E-state index in [1.54, 1.807) is 31.2 Å². The average molecular weight is 441 g/mol. The molecule has 28 heavy (non-hydrogen) atoms. The number of nitrogens with one attached hydrogen (secondary N) is 1. The topological polar surface area (TPSA) is 124 Å². The summed E-state index contributed by atoms with van der Waals surface area (Å²) in [6.45, 7) is 1.88. The maximum absolute atomic E-state index is 12.4. The van der Waals surface area contributed by atoms with Crippen molar-refractivity contribution in [3.8, 4) is 16.9 Å². The van der Waals surface area contributed by atoms with Crippen LogP contribution in [0, 0.1) is 0 Å². The summed E-state index contributed by atoms with van der Waals surface area (Å²) in [6.07, 6.45) is 0. The first-order chi connectivity index (χ1) is 13.1. The molecule has 0 fully saturated rings. The van der Waals surface area contributed by atoms with Gasteiger partial charge in [-0.05, 0) is 36.4 Å². The van der Waals surface area contributed by atoms with Crippen LogP contribution in [0.4, 0.5) is 0 Å². The molecule has 0 saturated carbocycles. The first kappa shape index (κ1) is 20.5. The molecule has 0 aliphatic heterocycles. The molecule has 0 aliphatic carbocycles. The Hall–Kier alpha value is -2.24. The van der Waals surface area contributed by atoms with Crippen molar-refractivity contribution in [2.75, 3.05) is 6.54 Å². The number of halogens is 1. The summed E-state index contributed by atoms with van der Waals surface area (Å²) in [5, 5.41) is 9.72. The van der Waals surface area contributed by atoms with E-state index in [1.165, 1.54) is 35.0 Å². The molecule has 3 aromatic rings. The minimum atomic E-state index is -3.84. The molecule has 2 aromatic carbocycles. The van der Waals surface area contributed by atoms with Gasteiger partial charge in [0.05, 0.1) is 16.3 Å². The van der Waals surface area contributed by atoms with Crippen molar-refractivity contribution in [1.82, 2.24) is 14.5 Å². The van der Waals surface area contributed by atoms with Crippen molar-refractivity contribution in [1.29, 1.82) is 0 Å². The molecule has 0 aliphatic rings. The fourth-order valence-electron chi connectivity index (χ4n) is 2.55. The maximum atomic E-state index is 12.4. The number of hydrogen-bond acceptors (Lipinski definition) is 5. The number of nitrogens with two attached hydrogens (primary N) is 1. The van der Waals surface area contributed by atoms with Crippen LogP contribution in [0.2, 0.25) is 5.02 Å². The largest absolute Gasteiger partial charge is 0.259 e. The number of rotatable bonds is 6. The maximum Gasteiger partial charge on any atom is 0.259 e. The Balaban J connectivity index is 2.18. The molecule has 0 atom stereocenters. The molecule has 1 heterocycles. The van der Waals surface area contributed by atoms with Crippen LogP contribution in [0.3, 0.4) is 0 Å². The molecular formula is C17H17ClN4O4S2. The lowest BCUT2D eigenvalue weighted by Gasteiger charge is -2.08. The number of nitrogens with zero attached hydrogens (tertiary/aromatic N) is 2. The highest BCUT2D eigenvalue weighted by Crippen LogP contribution is 2.27. The van der Waals surface area contributed by atoms with E-state index in [-0.39, 0.29) is 16.5 Å². The van der Waals surface area contributed by atoms with Gasteiger partial charge in [0.2, 0.25) is 10.0 Å². The van der Waals surface area contributed by atoms with Crippen molar-refractivity contribution in [3.63, 3.8) is 0 Å². The second kappa shape index (κ2) is 7.64. The number of primary sulfonamides is 1. The fourth-order valence-corrected chi connectivity index (χ4v) is 4.18. The van der Waals surface area contributed by atoms with Gasteiger partial charge in [0.1, 0.15) is 0 Å². The van der Waals surface area contributed by atoms with Crippen LogP contribution in [-0.2, 0) is 20.0 Å². The molecule has 0 unspecified atom stereocenters. The normalized spacial score (nSPS) is 12.2. The summed E-state index contributed by atoms with van der Waals surface area (Å²) in [5.74, 6) is 0. The van der Waals surface area contributed by atoms with Crippen molar-refractivity contribution < 1.29 is 16.8 Å². The predicted octanol–water partition coefficient (Wildman–Crippen LogP) is 2.14. The smallest absolute Gasteiger partial charge is 0.232 e. The molecule has 3 rings (SSSR count). The van der Waals surface area contributed by atoms with Crippen molar-refractivity contribution in [2.45, 2.75) is 16.8 Å². The molecule has 1 aromatic heterocycles. The Morgan fingerprint density at radius 3 is 2.18 bits per heavy atom. The molecule has 0 amide bonds. The van der Waals surface area contributed by atoms with Crippen LogP contribution < -0.4 is 9.86 Å². The Bertz CT molecular complexity index is 1200. The van der Waals surface area contributed by atoms with Crippen LogP contribution in [0.15, 0.2) is 64.5 Å². The van der Waals surface area contributed by atoms with E-state index < -0.39 is 20.0 Å². The summed E-state index contributed by atoms with van der Waals surface area (Å²) < 4.78 is 51.5.